The molecule has 0 spiro atoms. The minimum Gasteiger partial charge on any atom is -0.492 e. The van der Waals surface area contributed by atoms with Crippen LogP contribution in [0.4, 0.5) is 11.4 Å². The van der Waals surface area contributed by atoms with Gasteiger partial charge in [0.15, 0.2) is 5.75 Å². The van der Waals surface area contributed by atoms with Gasteiger partial charge in [-0.05, 0) is 60.7 Å². The van der Waals surface area contributed by atoms with Crippen molar-refractivity contribution in [3.8, 4) is 11.6 Å². The number of anilines is 2. The van der Waals surface area contributed by atoms with E-state index in [1.54, 1.807) is 18.3 Å². The van der Waals surface area contributed by atoms with Gasteiger partial charge in [-0.1, -0.05) is 32.9 Å². The number of hydrogen-bond acceptors (Lipinski definition) is 8. The van der Waals surface area contributed by atoms with E-state index in [-0.39, 0.29) is 28.9 Å². The van der Waals surface area contributed by atoms with Gasteiger partial charge >= 0.3 is 0 Å². The predicted molar refractivity (Wildman–Crippen MR) is 167 cm³/mol. The molecule has 230 valence electrons. The first-order chi connectivity index (χ1) is 20.3. The molecule has 5 rings (SSSR count). The molecule has 1 amide bonds. The molecule has 3 heterocycles. The number of rotatable bonds is 9. The third kappa shape index (κ3) is 7.02. The number of methoxy groups -OCH3 is 1. The Morgan fingerprint density at radius 2 is 1.86 bits per heavy atom. The van der Waals surface area contributed by atoms with Crippen LogP contribution in [0.3, 0.4) is 0 Å². The van der Waals surface area contributed by atoms with Crippen LogP contribution in [-0.4, -0.2) is 60.2 Å². The molecule has 11 nitrogen and oxygen atoms in total. The second kappa shape index (κ2) is 12.0. The first-order valence-electron chi connectivity index (χ1n) is 14.4. The molecule has 1 aliphatic heterocycles. The van der Waals surface area contributed by atoms with Crippen molar-refractivity contribution in [2.45, 2.75) is 58.1 Å². The molecule has 0 saturated carbocycles. The Balaban J connectivity index is 1.42. The summed E-state index contributed by atoms with van der Waals surface area (Å²) < 4.78 is 40.5. The Hall–Kier alpha value is -3.90. The van der Waals surface area contributed by atoms with E-state index in [0.29, 0.717) is 30.2 Å². The predicted octanol–water partition coefficient (Wildman–Crippen LogP) is 4.88. The molecule has 1 aromatic carbocycles. The van der Waals surface area contributed by atoms with Gasteiger partial charge in [0.05, 0.1) is 37.0 Å². The number of ether oxygens (including phenoxy) is 2. The molecular formula is C31H40N6O5S. The zero-order valence-corrected chi connectivity index (χ0v) is 26.4. The lowest BCUT2D eigenvalue weighted by atomic mass is 9.86. The number of carbonyl (C=O) groups is 1. The zero-order valence-electron chi connectivity index (χ0n) is 25.6. The monoisotopic (exact) mass is 608 g/mol. The van der Waals surface area contributed by atoms with Gasteiger partial charge in [-0.3, -0.25) is 14.4 Å². The molecule has 2 N–H and O–H groups in total. The van der Waals surface area contributed by atoms with Crippen LogP contribution < -0.4 is 19.5 Å². The molecule has 0 radical (unpaired) electrons. The smallest absolute Gasteiger partial charge is 0.272 e. The van der Waals surface area contributed by atoms with E-state index in [4.69, 9.17) is 9.47 Å². The second-order valence-electron chi connectivity index (χ2n) is 12.2. The Morgan fingerprint density at radius 3 is 2.53 bits per heavy atom. The third-order valence-corrected chi connectivity index (χ3v) is 8.30. The van der Waals surface area contributed by atoms with Gasteiger partial charge < -0.3 is 19.4 Å². The second-order valence-corrected chi connectivity index (χ2v) is 13.9. The minimum absolute atomic E-state index is 0.223. The summed E-state index contributed by atoms with van der Waals surface area (Å²) in [5.41, 5.74) is 3.28. The van der Waals surface area contributed by atoms with Crippen LogP contribution in [0.2, 0.25) is 0 Å². The maximum absolute atomic E-state index is 13.7. The largest absolute Gasteiger partial charge is 0.492 e. The number of nitrogens with one attached hydrogen (secondary N) is 2. The van der Waals surface area contributed by atoms with E-state index in [9.17, 15) is 13.2 Å². The van der Waals surface area contributed by atoms with Crippen LogP contribution in [0.5, 0.6) is 11.6 Å². The first kappa shape index (κ1) is 30.6. The van der Waals surface area contributed by atoms with Crippen molar-refractivity contribution in [2.75, 3.05) is 36.5 Å². The average molecular weight is 609 g/mol. The zero-order chi connectivity index (χ0) is 30.9. The van der Waals surface area contributed by atoms with Crippen LogP contribution in [0.15, 0.2) is 36.5 Å². The van der Waals surface area contributed by atoms with E-state index in [0.717, 1.165) is 42.0 Å². The summed E-state index contributed by atoms with van der Waals surface area (Å²) in [6.45, 7) is 8.84. The number of sulfonamides is 1. The summed E-state index contributed by atoms with van der Waals surface area (Å²) in [7, 11) is -0.327. The van der Waals surface area contributed by atoms with E-state index >= 15 is 0 Å². The topological polar surface area (TPSA) is 128 Å². The lowest BCUT2D eigenvalue weighted by molar-refractivity contribution is 0.101. The van der Waals surface area contributed by atoms with Gasteiger partial charge in [-0.15, -0.1) is 0 Å². The van der Waals surface area contributed by atoms with Crippen LogP contribution in [0.25, 0.3) is 6.08 Å². The standard InChI is InChI=1S/C31H40N6O5S/c1-31(2,3)21-17-22(29(41-5)23(18-21)35-43(6,39)40)33-30(38)24-16-20-10-9-11-25(28(20)36(24)4)42-27-12-13-32-26(34-27)19-37-14-7-8-15-37/h9-10,12-13,16-18,25,35H,7-8,11,14-15,19H2,1-6H3,(H,33,38). The highest BCUT2D eigenvalue weighted by Crippen LogP contribution is 2.40. The highest BCUT2D eigenvalue weighted by Gasteiger charge is 2.28. The summed E-state index contributed by atoms with van der Waals surface area (Å²) in [5, 5.41) is 2.96. The van der Waals surface area contributed by atoms with Gasteiger partial charge in [-0.2, -0.15) is 4.98 Å². The lowest BCUT2D eigenvalue weighted by Crippen LogP contribution is -2.21. The highest BCUT2D eigenvalue weighted by atomic mass is 32.2. The van der Waals surface area contributed by atoms with Crippen LogP contribution in [0.1, 0.15) is 79.3 Å². The summed E-state index contributed by atoms with van der Waals surface area (Å²) >= 11 is 0. The maximum atomic E-state index is 13.7. The number of amides is 1. The molecule has 12 heteroatoms. The maximum Gasteiger partial charge on any atom is 0.272 e. The Bertz CT molecular complexity index is 1650. The number of carbonyl (C=O) groups excluding carboxylic acids is 1. The molecule has 1 fully saturated rings. The van der Waals surface area contributed by atoms with Gasteiger partial charge in [0.1, 0.15) is 17.6 Å². The lowest BCUT2D eigenvalue weighted by Gasteiger charge is -2.24. The Labute approximate surface area is 253 Å². The third-order valence-electron chi connectivity index (χ3n) is 7.71. The number of benzene rings is 1. The molecule has 3 aromatic rings. The van der Waals surface area contributed by atoms with Crippen molar-refractivity contribution >= 4 is 33.4 Å². The van der Waals surface area contributed by atoms with Crippen molar-refractivity contribution in [1.29, 1.82) is 0 Å². The molecule has 2 aromatic heterocycles. The van der Waals surface area contributed by atoms with E-state index in [1.807, 2.05) is 56.7 Å². The summed E-state index contributed by atoms with van der Waals surface area (Å²) in [4.78, 5) is 25.2. The highest BCUT2D eigenvalue weighted by molar-refractivity contribution is 7.92. The van der Waals surface area contributed by atoms with Crippen molar-refractivity contribution < 1.29 is 22.7 Å². The number of aromatic nitrogens is 3. The van der Waals surface area contributed by atoms with Gasteiger partial charge in [0, 0.05) is 25.7 Å². The minimum atomic E-state index is -3.60. The van der Waals surface area contributed by atoms with Crippen molar-refractivity contribution in [3.05, 3.63) is 64.9 Å². The molecule has 2 aliphatic rings. The molecule has 1 saturated heterocycles. The van der Waals surface area contributed by atoms with Crippen molar-refractivity contribution in [1.82, 2.24) is 19.4 Å². The normalized spacial score (nSPS) is 17.0. The Morgan fingerprint density at radius 1 is 1.14 bits per heavy atom. The molecule has 1 atom stereocenters. The van der Waals surface area contributed by atoms with E-state index in [2.05, 4.69) is 24.9 Å². The number of likely N-dealkylation sites (tertiary alicyclic amines) is 1. The van der Waals surface area contributed by atoms with Crippen LogP contribution >= 0.6 is 0 Å². The van der Waals surface area contributed by atoms with E-state index in [1.165, 1.54) is 20.0 Å². The Kier molecular flexibility index (Phi) is 8.53. The average Bonchev–Trinajstić information content (AvgIpc) is 3.55. The number of fused-ring (bicyclic) bond motifs is 1. The molecule has 43 heavy (non-hydrogen) atoms. The first-order valence-corrected chi connectivity index (χ1v) is 16.3. The van der Waals surface area contributed by atoms with Crippen molar-refractivity contribution in [2.24, 2.45) is 7.05 Å². The summed E-state index contributed by atoms with van der Waals surface area (Å²) in [5.74, 6) is 1.08. The fourth-order valence-electron chi connectivity index (χ4n) is 5.57. The van der Waals surface area contributed by atoms with Crippen LogP contribution in [0, 0.1) is 0 Å². The fourth-order valence-corrected chi connectivity index (χ4v) is 6.13. The van der Waals surface area contributed by atoms with Gasteiger partial charge in [-0.25, -0.2) is 13.4 Å². The summed E-state index contributed by atoms with van der Waals surface area (Å²) in [6, 6.07) is 7.13. The molecule has 0 bridgehead atoms. The molecule has 1 aliphatic carbocycles. The van der Waals surface area contributed by atoms with Gasteiger partial charge in [0.25, 0.3) is 5.91 Å². The molecular weight excluding hydrogens is 568 g/mol. The number of nitrogens with zero attached hydrogens (tertiary/aromatic N) is 4. The summed E-state index contributed by atoms with van der Waals surface area (Å²) in [6.07, 6.45) is 9.49. The van der Waals surface area contributed by atoms with Crippen molar-refractivity contribution in [3.63, 3.8) is 0 Å². The quantitative estimate of drug-likeness (QED) is 0.352. The molecule has 1 unspecified atom stereocenters. The van der Waals surface area contributed by atoms with Gasteiger partial charge in [0.2, 0.25) is 15.9 Å². The number of hydrogen-bond donors (Lipinski definition) is 2. The fraction of sp³-hybridized carbons (Fsp3) is 0.452. The van der Waals surface area contributed by atoms with E-state index < -0.39 is 10.0 Å². The van der Waals surface area contributed by atoms with Crippen LogP contribution in [-0.2, 0) is 29.0 Å². The SMILES string of the molecule is COc1c(NC(=O)c2cc3c(n2C)C(Oc2ccnc(CN4CCCC4)n2)CC=C3)cc(C(C)(C)C)cc1NS(C)(=O)=O.